The number of carboxylic acid groups (broad SMARTS) is 1. The van der Waals surface area contributed by atoms with Gasteiger partial charge < -0.3 is 15.7 Å². The van der Waals surface area contributed by atoms with Gasteiger partial charge >= 0.3 is 6.09 Å². The van der Waals surface area contributed by atoms with E-state index < -0.39 is 6.09 Å². The molecule has 0 aliphatic carbocycles. The second-order valence-electron chi connectivity index (χ2n) is 4.68. The van der Waals surface area contributed by atoms with E-state index in [1.165, 1.54) is 0 Å². The van der Waals surface area contributed by atoms with E-state index in [4.69, 9.17) is 5.11 Å². The van der Waals surface area contributed by atoms with E-state index in [9.17, 15) is 4.79 Å². The lowest BCUT2D eigenvalue weighted by Crippen LogP contribution is -2.43. The SMILES string of the molecule is CC[C@@H]1Nc2ccc(Br)cc2[C@H](NC(=O)O)[C@@H]1C. The zero-order valence-electron chi connectivity index (χ0n) is 10.4. The Morgan fingerprint density at radius 1 is 1.56 bits per heavy atom. The van der Waals surface area contributed by atoms with E-state index in [2.05, 4.69) is 40.4 Å². The number of rotatable bonds is 2. The number of benzene rings is 1. The van der Waals surface area contributed by atoms with Gasteiger partial charge in [0.05, 0.1) is 6.04 Å². The molecule has 4 nitrogen and oxygen atoms in total. The molecule has 0 saturated heterocycles. The summed E-state index contributed by atoms with van der Waals surface area (Å²) in [7, 11) is 0. The van der Waals surface area contributed by atoms with Crippen LogP contribution in [0.5, 0.6) is 0 Å². The highest BCUT2D eigenvalue weighted by molar-refractivity contribution is 9.10. The number of nitrogens with one attached hydrogen (secondary N) is 2. The molecular weight excluding hydrogens is 296 g/mol. The minimum Gasteiger partial charge on any atom is -0.465 e. The summed E-state index contributed by atoms with van der Waals surface area (Å²) < 4.78 is 0.961. The standard InChI is InChI=1S/C13H17BrN2O2/c1-3-10-7(2)12(16-13(17)18)9-6-8(14)4-5-11(9)15-10/h4-7,10,12,15-16H,3H2,1-2H3,(H,17,18)/t7-,10+,12-/m1/s1. The summed E-state index contributed by atoms with van der Waals surface area (Å²) in [5.74, 6) is 0.216. The van der Waals surface area contributed by atoms with Crippen molar-refractivity contribution in [2.75, 3.05) is 5.32 Å². The van der Waals surface area contributed by atoms with Gasteiger partial charge in [-0.15, -0.1) is 0 Å². The normalized spacial score (nSPS) is 26.1. The summed E-state index contributed by atoms with van der Waals surface area (Å²) >= 11 is 3.43. The molecule has 1 aromatic carbocycles. The van der Waals surface area contributed by atoms with Gasteiger partial charge in [-0.2, -0.15) is 0 Å². The number of anilines is 1. The average Bonchev–Trinajstić information content (AvgIpc) is 2.32. The van der Waals surface area contributed by atoms with Crippen molar-refractivity contribution < 1.29 is 9.90 Å². The molecule has 0 spiro atoms. The third-order valence-corrected chi connectivity index (χ3v) is 4.06. The summed E-state index contributed by atoms with van der Waals surface area (Å²) in [6.45, 7) is 4.18. The molecule has 3 atom stereocenters. The van der Waals surface area contributed by atoms with Gasteiger partial charge in [0.15, 0.2) is 0 Å². The van der Waals surface area contributed by atoms with Gasteiger partial charge in [-0.05, 0) is 30.2 Å². The molecule has 0 radical (unpaired) electrons. The largest absolute Gasteiger partial charge is 0.465 e. The molecule has 1 amide bonds. The lowest BCUT2D eigenvalue weighted by molar-refractivity contribution is 0.182. The number of halogens is 1. The number of fused-ring (bicyclic) bond motifs is 1. The molecule has 1 aliphatic rings. The molecule has 0 fully saturated rings. The van der Waals surface area contributed by atoms with Crippen LogP contribution in [0.25, 0.3) is 0 Å². The molecular formula is C13H17BrN2O2. The van der Waals surface area contributed by atoms with Gasteiger partial charge in [-0.25, -0.2) is 4.79 Å². The highest BCUT2D eigenvalue weighted by Crippen LogP contribution is 2.38. The van der Waals surface area contributed by atoms with E-state index in [1.807, 2.05) is 18.2 Å². The van der Waals surface area contributed by atoms with Crippen LogP contribution in [0.4, 0.5) is 10.5 Å². The third kappa shape index (κ3) is 2.46. The molecule has 5 heteroatoms. The first kappa shape index (κ1) is 13.2. The number of carbonyl (C=O) groups is 1. The van der Waals surface area contributed by atoms with E-state index >= 15 is 0 Å². The van der Waals surface area contributed by atoms with E-state index in [-0.39, 0.29) is 18.0 Å². The second-order valence-corrected chi connectivity index (χ2v) is 5.59. The van der Waals surface area contributed by atoms with Crippen molar-refractivity contribution >= 4 is 27.7 Å². The van der Waals surface area contributed by atoms with Gasteiger partial charge in [0.2, 0.25) is 0 Å². The Hall–Kier alpha value is -1.23. The fourth-order valence-corrected chi connectivity index (χ4v) is 2.96. The number of amides is 1. The van der Waals surface area contributed by atoms with E-state index in [0.717, 1.165) is 22.1 Å². The van der Waals surface area contributed by atoms with Crippen molar-refractivity contribution in [2.24, 2.45) is 5.92 Å². The molecule has 0 saturated carbocycles. The zero-order valence-corrected chi connectivity index (χ0v) is 12.0. The molecule has 18 heavy (non-hydrogen) atoms. The minimum absolute atomic E-state index is 0.166. The smallest absolute Gasteiger partial charge is 0.405 e. The fraction of sp³-hybridized carbons (Fsp3) is 0.462. The maximum absolute atomic E-state index is 11.0. The summed E-state index contributed by atoms with van der Waals surface area (Å²) in [6.07, 6.45) is -0.0106. The molecule has 1 aromatic rings. The predicted molar refractivity (Wildman–Crippen MR) is 74.9 cm³/mol. The quantitative estimate of drug-likeness (QED) is 0.782. The zero-order chi connectivity index (χ0) is 13.3. The van der Waals surface area contributed by atoms with Gasteiger partial charge in [0, 0.05) is 22.1 Å². The monoisotopic (exact) mass is 312 g/mol. The number of hydrogen-bond acceptors (Lipinski definition) is 2. The van der Waals surface area contributed by atoms with Crippen molar-refractivity contribution in [2.45, 2.75) is 32.4 Å². The minimum atomic E-state index is -0.977. The van der Waals surface area contributed by atoms with Gasteiger partial charge in [0.1, 0.15) is 0 Å². The summed E-state index contributed by atoms with van der Waals surface area (Å²) in [4.78, 5) is 11.0. The lowest BCUT2D eigenvalue weighted by atomic mass is 9.83. The summed E-state index contributed by atoms with van der Waals surface area (Å²) in [5.41, 5.74) is 2.02. The van der Waals surface area contributed by atoms with E-state index in [0.29, 0.717) is 0 Å². The van der Waals surface area contributed by atoms with Crippen LogP contribution < -0.4 is 10.6 Å². The topological polar surface area (TPSA) is 61.4 Å². The first-order valence-corrected chi connectivity index (χ1v) is 6.87. The highest BCUT2D eigenvalue weighted by Gasteiger charge is 2.33. The summed E-state index contributed by atoms with van der Waals surface area (Å²) in [5, 5.41) is 15.1. The molecule has 1 heterocycles. The molecule has 3 N–H and O–H groups in total. The van der Waals surface area contributed by atoms with Crippen LogP contribution in [0.2, 0.25) is 0 Å². The maximum atomic E-state index is 11.0. The molecule has 0 aromatic heterocycles. The van der Waals surface area contributed by atoms with Gasteiger partial charge in [-0.1, -0.05) is 29.8 Å². The van der Waals surface area contributed by atoms with Crippen LogP contribution in [0.1, 0.15) is 31.9 Å². The molecule has 2 rings (SSSR count). The second kappa shape index (κ2) is 5.18. The van der Waals surface area contributed by atoms with Crippen LogP contribution in [0.15, 0.2) is 22.7 Å². The Morgan fingerprint density at radius 3 is 2.89 bits per heavy atom. The average molecular weight is 313 g/mol. The van der Waals surface area contributed by atoms with Crippen molar-refractivity contribution in [1.29, 1.82) is 0 Å². The Morgan fingerprint density at radius 2 is 2.28 bits per heavy atom. The highest BCUT2D eigenvalue weighted by atomic mass is 79.9. The number of hydrogen-bond donors (Lipinski definition) is 3. The first-order valence-electron chi connectivity index (χ1n) is 6.08. The van der Waals surface area contributed by atoms with Crippen molar-refractivity contribution in [3.63, 3.8) is 0 Å². The summed E-state index contributed by atoms with van der Waals surface area (Å²) in [6, 6.07) is 6.05. The maximum Gasteiger partial charge on any atom is 0.405 e. The molecule has 1 aliphatic heterocycles. The Bertz CT molecular complexity index is 464. The van der Waals surface area contributed by atoms with E-state index in [1.54, 1.807) is 0 Å². The van der Waals surface area contributed by atoms with Crippen molar-refractivity contribution in [3.8, 4) is 0 Å². The Balaban J connectivity index is 2.42. The molecule has 0 unspecified atom stereocenters. The van der Waals surface area contributed by atoms with Crippen LogP contribution in [-0.2, 0) is 0 Å². The fourth-order valence-electron chi connectivity index (χ4n) is 2.59. The van der Waals surface area contributed by atoms with Gasteiger partial charge in [0.25, 0.3) is 0 Å². The predicted octanol–water partition coefficient (Wildman–Crippen LogP) is 3.60. The van der Waals surface area contributed by atoms with Gasteiger partial charge in [-0.3, -0.25) is 0 Å². The molecule has 98 valence electrons. The lowest BCUT2D eigenvalue weighted by Gasteiger charge is -2.38. The van der Waals surface area contributed by atoms with Crippen LogP contribution in [-0.4, -0.2) is 17.2 Å². The van der Waals surface area contributed by atoms with Crippen molar-refractivity contribution in [1.82, 2.24) is 5.32 Å². The third-order valence-electron chi connectivity index (χ3n) is 3.57. The van der Waals surface area contributed by atoms with Crippen molar-refractivity contribution in [3.05, 3.63) is 28.2 Å². The van der Waals surface area contributed by atoms with Crippen LogP contribution in [0.3, 0.4) is 0 Å². The Labute approximate surface area is 115 Å². The molecule has 0 bridgehead atoms. The Kier molecular flexibility index (Phi) is 3.80. The van der Waals surface area contributed by atoms with Crippen LogP contribution in [0, 0.1) is 5.92 Å². The first-order chi connectivity index (χ1) is 8.52. The van der Waals surface area contributed by atoms with Crippen LogP contribution >= 0.6 is 15.9 Å².